The smallest absolute Gasteiger partial charge is 0.226 e. The third kappa shape index (κ3) is 3.03. The molecule has 0 radical (unpaired) electrons. The van der Waals surface area contributed by atoms with Gasteiger partial charge in [0.1, 0.15) is 11.6 Å². The standard InChI is InChI=1S/C21H22N4O/c1-14-19(24-21(26-14)16-5-3-2-4-6-16)13-25-10-9-18-17(12-25)11-22-20(23-18)15-7-8-15/h2-6,11,15H,7-10,12-13H2,1H3. The lowest BCUT2D eigenvalue weighted by Gasteiger charge is -2.27. The van der Waals surface area contributed by atoms with Gasteiger partial charge in [-0.25, -0.2) is 15.0 Å². The van der Waals surface area contributed by atoms with Gasteiger partial charge in [-0.3, -0.25) is 4.90 Å². The number of aromatic nitrogens is 3. The topological polar surface area (TPSA) is 55.1 Å². The van der Waals surface area contributed by atoms with E-state index in [0.29, 0.717) is 11.8 Å². The van der Waals surface area contributed by atoms with Crippen molar-refractivity contribution in [3.8, 4) is 11.5 Å². The Bertz CT molecular complexity index is 930. The van der Waals surface area contributed by atoms with Crippen LogP contribution in [-0.2, 0) is 19.5 Å². The Morgan fingerprint density at radius 3 is 2.81 bits per heavy atom. The van der Waals surface area contributed by atoms with Crippen LogP contribution < -0.4 is 0 Å². The average Bonchev–Trinajstić information content (AvgIpc) is 3.46. The lowest BCUT2D eigenvalue weighted by molar-refractivity contribution is 0.239. The molecule has 3 heterocycles. The first-order chi connectivity index (χ1) is 12.8. The Morgan fingerprint density at radius 2 is 2.00 bits per heavy atom. The number of benzene rings is 1. The normalized spacial score (nSPS) is 17.3. The summed E-state index contributed by atoms with van der Waals surface area (Å²) in [5.74, 6) is 3.27. The molecule has 1 saturated carbocycles. The summed E-state index contributed by atoms with van der Waals surface area (Å²) in [6.07, 6.45) is 5.52. The number of hydrogen-bond donors (Lipinski definition) is 0. The molecule has 0 amide bonds. The van der Waals surface area contributed by atoms with E-state index < -0.39 is 0 Å². The van der Waals surface area contributed by atoms with Crippen molar-refractivity contribution in [3.63, 3.8) is 0 Å². The summed E-state index contributed by atoms with van der Waals surface area (Å²) in [4.78, 5) is 16.5. The van der Waals surface area contributed by atoms with Crippen LogP contribution in [0.2, 0.25) is 0 Å². The number of oxazole rings is 1. The van der Waals surface area contributed by atoms with Crippen molar-refractivity contribution in [2.24, 2.45) is 0 Å². The molecule has 0 spiro atoms. The van der Waals surface area contributed by atoms with Gasteiger partial charge < -0.3 is 4.42 Å². The van der Waals surface area contributed by atoms with Crippen LogP contribution >= 0.6 is 0 Å². The van der Waals surface area contributed by atoms with E-state index in [1.165, 1.54) is 24.1 Å². The highest BCUT2D eigenvalue weighted by Crippen LogP contribution is 2.38. The molecule has 3 aromatic rings. The Morgan fingerprint density at radius 1 is 1.15 bits per heavy atom. The number of nitrogens with zero attached hydrogens (tertiary/aromatic N) is 4. The number of hydrogen-bond acceptors (Lipinski definition) is 5. The van der Waals surface area contributed by atoms with E-state index in [1.54, 1.807) is 0 Å². The fourth-order valence-corrected chi connectivity index (χ4v) is 3.55. The van der Waals surface area contributed by atoms with Crippen molar-refractivity contribution in [1.29, 1.82) is 0 Å². The van der Waals surface area contributed by atoms with Crippen LogP contribution in [0.25, 0.3) is 11.5 Å². The molecule has 1 fully saturated rings. The third-order valence-corrected chi connectivity index (χ3v) is 5.26. The van der Waals surface area contributed by atoms with Gasteiger partial charge in [0.25, 0.3) is 0 Å². The van der Waals surface area contributed by atoms with Gasteiger partial charge in [-0.15, -0.1) is 0 Å². The van der Waals surface area contributed by atoms with Gasteiger partial charge in [0, 0.05) is 55.0 Å². The van der Waals surface area contributed by atoms with Crippen LogP contribution in [-0.4, -0.2) is 26.4 Å². The van der Waals surface area contributed by atoms with Gasteiger partial charge >= 0.3 is 0 Å². The molecule has 0 N–H and O–H groups in total. The van der Waals surface area contributed by atoms with E-state index in [0.717, 1.165) is 48.9 Å². The van der Waals surface area contributed by atoms with Gasteiger partial charge in [-0.05, 0) is 31.9 Å². The van der Waals surface area contributed by atoms with Gasteiger partial charge in [0.05, 0.1) is 5.69 Å². The largest absolute Gasteiger partial charge is 0.441 e. The van der Waals surface area contributed by atoms with Crippen LogP contribution in [0.3, 0.4) is 0 Å². The van der Waals surface area contributed by atoms with E-state index in [9.17, 15) is 0 Å². The summed E-state index contributed by atoms with van der Waals surface area (Å²) in [7, 11) is 0. The molecule has 5 rings (SSSR count). The number of fused-ring (bicyclic) bond motifs is 1. The quantitative estimate of drug-likeness (QED) is 0.718. The van der Waals surface area contributed by atoms with Crippen molar-refractivity contribution < 1.29 is 4.42 Å². The van der Waals surface area contributed by atoms with E-state index >= 15 is 0 Å². The monoisotopic (exact) mass is 346 g/mol. The van der Waals surface area contributed by atoms with Crippen molar-refractivity contribution >= 4 is 0 Å². The molecule has 5 heteroatoms. The fourth-order valence-electron chi connectivity index (χ4n) is 3.55. The van der Waals surface area contributed by atoms with Gasteiger partial charge in [0.2, 0.25) is 5.89 Å². The van der Waals surface area contributed by atoms with Gasteiger partial charge in [-0.2, -0.15) is 0 Å². The minimum atomic E-state index is 0.618. The molecule has 1 aliphatic heterocycles. The zero-order valence-electron chi connectivity index (χ0n) is 15.0. The maximum atomic E-state index is 5.90. The lowest BCUT2D eigenvalue weighted by Crippen LogP contribution is -2.31. The Balaban J connectivity index is 1.32. The Labute approximate surface area is 153 Å². The van der Waals surface area contributed by atoms with Crippen molar-refractivity contribution in [2.75, 3.05) is 6.54 Å². The highest BCUT2D eigenvalue weighted by atomic mass is 16.4. The second-order valence-corrected chi connectivity index (χ2v) is 7.32. The molecule has 0 unspecified atom stereocenters. The highest BCUT2D eigenvalue weighted by Gasteiger charge is 2.28. The average molecular weight is 346 g/mol. The molecule has 5 nitrogen and oxygen atoms in total. The molecular formula is C21H22N4O. The summed E-state index contributed by atoms with van der Waals surface area (Å²) in [5.41, 5.74) is 4.53. The zero-order valence-corrected chi connectivity index (χ0v) is 15.0. The summed E-state index contributed by atoms with van der Waals surface area (Å²) in [6.45, 7) is 4.68. The van der Waals surface area contributed by atoms with Crippen LogP contribution in [0.4, 0.5) is 0 Å². The molecule has 0 saturated heterocycles. The Hall–Kier alpha value is -2.53. The van der Waals surface area contributed by atoms with Crippen molar-refractivity contribution in [1.82, 2.24) is 19.9 Å². The van der Waals surface area contributed by atoms with Crippen LogP contribution in [0.5, 0.6) is 0 Å². The lowest BCUT2D eigenvalue weighted by atomic mass is 10.1. The molecule has 2 aromatic heterocycles. The summed E-state index contributed by atoms with van der Waals surface area (Å²) < 4.78 is 5.90. The second kappa shape index (κ2) is 6.32. The SMILES string of the molecule is Cc1oc(-c2ccccc2)nc1CN1CCc2nc(C3CC3)ncc2C1. The van der Waals surface area contributed by atoms with Crippen LogP contribution in [0, 0.1) is 6.92 Å². The van der Waals surface area contributed by atoms with Gasteiger partial charge in [0.15, 0.2) is 0 Å². The predicted octanol–water partition coefficient (Wildman–Crippen LogP) is 3.88. The first kappa shape index (κ1) is 15.7. The highest BCUT2D eigenvalue weighted by molar-refractivity contribution is 5.53. The third-order valence-electron chi connectivity index (χ3n) is 5.26. The molecule has 1 aromatic carbocycles. The maximum Gasteiger partial charge on any atom is 0.226 e. The molecule has 0 bridgehead atoms. The van der Waals surface area contributed by atoms with E-state index in [4.69, 9.17) is 14.4 Å². The van der Waals surface area contributed by atoms with Crippen molar-refractivity contribution in [3.05, 3.63) is 65.1 Å². The minimum Gasteiger partial charge on any atom is -0.441 e. The predicted molar refractivity (Wildman–Crippen MR) is 98.5 cm³/mol. The summed E-state index contributed by atoms with van der Waals surface area (Å²) in [6, 6.07) is 10.1. The first-order valence-corrected chi connectivity index (χ1v) is 9.35. The molecule has 1 aliphatic carbocycles. The summed E-state index contributed by atoms with van der Waals surface area (Å²) >= 11 is 0. The van der Waals surface area contributed by atoms with Crippen LogP contribution in [0.15, 0.2) is 40.9 Å². The van der Waals surface area contributed by atoms with Crippen molar-refractivity contribution in [2.45, 2.75) is 45.2 Å². The zero-order chi connectivity index (χ0) is 17.5. The minimum absolute atomic E-state index is 0.618. The molecule has 2 aliphatic rings. The van der Waals surface area contributed by atoms with Crippen LogP contribution in [0.1, 0.15) is 47.3 Å². The Kier molecular flexibility index (Phi) is 3.82. The van der Waals surface area contributed by atoms with Gasteiger partial charge in [-0.1, -0.05) is 18.2 Å². The van der Waals surface area contributed by atoms with E-state index in [-0.39, 0.29) is 0 Å². The number of aryl methyl sites for hydroxylation is 1. The molecule has 0 atom stereocenters. The molecular weight excluding hydrogens is 324 g/mol. The van der Waals surface area contributed by atoms with E-state index in [1.807, 2.05) is 43.5 Å². The fraction of sp³-hybridized carbons (Fsp3) is 0.381. The number of rotatable bonds is 4. The molecule has 26 heavy (non-hydrogen) atoms. The molecule has 132 valence electrons. The second-order valence-electron chi connectivity index (χ2n) is 7.32. The van der Waals surface area contributed by atoms with E-state index in [2.05, 4.69) is 9.88 Å². The first-order valence-electron chi connectivity index (χ1n) is 9.35. The maximum absolute atomic E-state index is 5.90. The summed E-state index contributed by atoms with van der Waals surface area (Å²) in [5, 5.41) is 0.